The molecule has 0 heterocycles. The van der Waals surface area contributed by atoms with Gasteiger partial charge in [-0.05, 0) is 23.5 Å². The number of hydrogen-bond donors (Lipinski definition) is 2. The van der Waals surface area contributed by atoms with Crippen molar-refractivity contribution in [3.63, 3.8) is 0 Å². The van der Waals surface area contributed by atoms with Gasteiger partial charge in [0.1, 0.15) is 0 Å². The standard InChI is InChI=1S/C12H18N2/c1-12(2)7-11(12)14-8-9-5-3-4-6-10(9)13/h3-6,11,14H,7-8,13H2,1-2H3. The van der Waals surface area contributed by atoms with E-state index < -0.39 is 0 Å². The molecule has 0 bridgehead atoms. The molecule has 0 saturated heterocycles. The zero-order valence-electron chi connectivity index (χ0n) is 8.88. The van der Waals surface area contributed by atoms with E-state index in [-0.39, 0.29) is 0 Å². The molecule has 0 amide bonds. The molecular weight excluding hydrogens is 172 g/mol. The zero-order chi connectivity index (χ0) is 10.2. The summed E-state index contributed by atoms with van der Waals surface area (Å²) in [7, 11) is 0. The van der Waals surface area contributed by atoms with Crippen LogP contribution in [0.4, 0.5) is 5.69 Å². The Kier molecular flexibility index (Phi) is 2.23. The third-order valence-electron chi connectivity index (χ3n) is 3.11. The summed E-state index contributed by atoms with van der Waals surface area (Å²) in [5.74, 6) is 0. The Balaban J connectivity index is 1.90. The molecule has 1 aromatic rings. The molecule has 0 aromatic heterocycles. The number of benzene rings is 1. The first kappa shape index (κ1) is 9.53. The van der Waals surface area contributed by atoms with Crippen LogP contribution in [0.25, 0.3) is 0 Å². The minimum atomic E-state index is 0.490. The van der Waals surface area contributed by atoms with Crippen molar-refractivity contribution in [3.8, 4) is 0 Å². The second-order valence-corrected chi connectivity index (χ2v) is 4.83. The minimum Gasteiger partial charge on any atom is -0.398 e. The highest BCUT2D eigenvalue weighted by atomic mass is 15.0. The van der Waals surface area contributed by atoms with Gasteiger partial charge in [-0.25, -0.2) is 0 Å². The summed E-state index contributed by atoms with van der Waals surface area (Å²) in [6, 6.07) is 8.71. The Morgan fingerprint density at radius 2 is 2.07 bits per heavy atom. The number of hydrogen-bond acceptors (Lipinski definition) is 2. The van der Waals surface area contributed by atoms with Gasteiger partial charge in [-0.15, -0.1) is 0 Å². The Hall–Kier alpha value is -1.02. The van der Waals surface area contributed by atoms with Crippen molar-refractivity contribution in [2.24, 2.45) is 5.41 Å². The first-order valence-corrected chi connectivity index (χ1v) is 5.16. The summed E-state index contributed by atoms with van der Waals surface area (Å²) in [4.78, 5) is 0. The van der Waals surface area contributed by atoms with Gasteiger partial charge in [0.25, 0.3) is 0 Å². The Labute approximate surface area is 85.5 Å². The lowest BCUT2D eigenvalue weighted by atomic mass is 10.1. The Morgan fingerprint density at radius 1 is 1.43 bits per heavy atom. The molecule has 76 valence electrons. The molecule has 0 spiro atoms. The molecule has 1 unspecified atom stereocenters. The maximum absolute atomic E-state index is 5.85. The summed E-state index contributed by atoms with van der Waals surface area (Å²) in [5, 5.41) is 3.52. The zero-order valence-corrected chi connectivity index (χ0v) is 8.88. The van der Waals surface area contributed by atoms with Gasteiger partial charge in [-0.3, -0.25) is 0 Å². The SMILES string of the molecule is CC1(C)CC1NCc1ccccc1N. The van der Waals surface area contributed by atoms with Crippen molar-refractivity contribution >= 4 is 5.69 Å². The van der Waals surface area contributed by atoms with E-state index in [4.69, 9.17) is 5.73 Å². The van der Waals surface area contributed by atoms with E-state index in [1.165, 1.54) is 12.0 Å². The maximum atomic E-state index is 5.85. The van der Waals surface area contributed by atoms with E-state index >= 15 is 0 Å². The molecule has 0 radical (unpaired) electrons. The normalized spacial score (nSPS) is 23.4. The highest BCUT2D eigenvalue weighted by Gasteiger charge is 2.44. The molecule has 1 atom stereocenters. The number of anilines is 1. The number of rotatable bonds is 3. The maximum Gasteiger partial charge on any atom is 0.0359 e. The van der Waals surface area contributed by atoms with Crippen LogP contribution in [-0.4, -0.2) is 6.04 Å². The van der Waals surface area contributed by atoms with Gasteiger partial charge < -0.3 is 11.1 Å². The molecule has 1 fully saturated rings. The van der Waals surface area contributed by atoms with Crippen molar-refractivity contribution in [2.75, 3.05) is 5.73 Å². The van der Waals surface area contributed by atoms with E-state index in [0.29, 0.717) is 11.5 Å². The largest absolute Gasteiger partial charge is 0.398 e. The van der Waals surface area contributed by atoms with Crippen LogP contribution < -0.4 is 11.1 Å². The molecular formula is C12H18N2. The van der Waals surface area contributed by atoms with E-state index in [1.807, 2.05) is 18.2 Å². The van der Waals surface area contributed by atoms with Gasteiger partial charge in [0.05, 0.1) is 0 Å². The fourth-order valence-electron chi connectivity index (χ4n) is 1.74. The van der Waals surface area contributed by atoms with Gasteiger partial charge in [0.2, 0.25) is 0 Å². The third-order valence-corrected chi connectivity index (χ3v) is 3.11. The predicted molar refractivity (Wildman–Crippen MR) is 59.9 cm³/mol. The fraction of sp³-hybridized carbons (Fsp3) is 0.500. The highest BCUT2D eigenvalue weighted by Crippen LogP contribution is 2.44. The monoisotopic (exact) mass is 190 g/mol. The second kappa shape index (κ2) is 3.28. The summed E-state index contributed by atoms with van der Waals surface area (Å²) >= 11 is 0. The summed E-state index contributed by atoms with van der Waals surface area (Å²) in [6.07, 6.45) is 1.28. The molecule has 2 heteroatoms. The third kappa shape index (κ3) is 1.90. The van der Waals surface area contributed by atoms with Gasteiger partial charge in [0.15, 0.2) is 0 Å². The van der Waals surface area contributed by atoms with Crippen LogP contribution >= 0.6 is 0 Å². The Morgan fingerprint density at radius 3 is 2.64 bits per heavy atom. The predicted octanol–water partition coefficient (Wildman–Crippen LogP) is 2.16. The Bertz CT molecular complexity index is 331. The van der Waals surface area contributed by atoms with Crippen molar-refractivity contribution in [1.29, 1.82) is 0 Å². The van der Waals surface area contributed by atoms with Crippen LogP contribution in [0.5, 0.6) is 0 Å². The summed E-state index contributed by atoms with van der Waals surface area (Å²) in [5.41, 5.74) is 8.44. The second-order valence-electron chi connectivity index (χ2n) is 4.83. The van der Waals surface area contributed by atoms with Crippen LogP contribution in [0.3, 0.4) is 0 Å². The molecule has 14 heavy (non-hydrogen) atoms. The molecule has 1 aromatic carbocycles. The lowest BCUT2D eigenvalue weighted by Gasteiger charge is -2.08. The van der Waals surface area contributed by atoms with Gasteiger partial charge in [-0.2, -0.15) is 0 Å². The fourth-order valence-corrected chi connectivity index (χ4v) is 1.74. The summed E-state index contributed by atoms with van der Waals surface area (Å²) in [6.45, 7) is 5.47. The van der Waals surface area contributed by atoms with Gasteiger partial charge in [0, 0.05) is 18.3 Å². The number of nitrogens with two attached hydrogens (primary N) is 1. The minimum absolute atomic E-state index is 0.490. The quantitative estimate of drug-likeness (QED) is 0.717. The van der Waals surface area contributed by atoms with Crippen LogP contribution in [0.2, 0.25) is 0 Å². The molecule has 2 rings (SSSR count). The highest BCUT2D eigenvalue weighted by molar-refractivity contribution is 5.46. The van der Waals surface area contributed by atoms with E-state index in [1.54, 1.807) is 0 Å². The van der Waals surface area contributed by atoms with E-state index in [2.05, 4.69) is 25.2 Å². The van der Waals surface area contributed by atoms with Crippen LogP contribution in [0.15, 0.2) is 24.3 Å². The molecule has 1 saturated carbocycles. The van der Waals surface area contributed by atoms with Crippen LogP contribution in [0.1, 0.15) is 25.8 Å². The molecule has 0 aliphatic heterocycles. The van der Waals surface area contributed by atoms with Crippen LogP contribution in [-0.2, 0) is 6.54 Å². The van der Waals surface area contributed by atoms with E-state index in [0.717, 1.165) is 12.2 Å². The average Bonchev–Trinajstić information content (AvgIpc) is 2.73. The van der Waals surface area contributed by atoms with Crippen LogP contribution in [0, 0.1) is 5.41 Å². The molecule has 3 N–H and O–H groups in total. The smallest absolute Gasteiger partial charge is 0.0359 e. The molecule has 1 aliphatic carbocycles. The first-order valence-electron chi connectivity index (χ1n) is 5.16. The van der Waals surface area contributed by atoms with Crippen molar-refractivity contribution in [1.82, 2.24) is 5.32 Å². The van der Waals surface area contributed by atoms with E-state index in [9.17, 15) is 0 Å². The van der Waals surface area contributed by atoms with Crippen molar-refractivity contribution in [2.45, 2.75) is 32.9 Å². The topological polar surface area (TPSA) is 38.0 Å². The number of para-hydroxylation sites is 1. The lowest BCUT2D eigenvalue weighted by Crippen LogP contribution is -2.20. The first-order chi connectivity index (χ1) is 6.59. The van der Waals surface area contributed by atoms with Gasteiger partial charge >= 0.3 is 0 Å². The van der Waals surface area contributed by atoms with Crippen molar-refractivity contribution in [3.05, 3.63) is 29.8 Å². The van der Waals surface area contributed by atoms with Crippen molar-refractivity contribution < 1.29 is 0 Å². The number of nitrogen functional groups attached to an aromatic ring is 1. The average molecular weight is 190 g/mol. The lowest BCUT2D eigenvalue weighted by molar-refractivity contribution is 0.542. The molecule has 1 aliphatic rings. The number of nitrogens with one attached hydrogen (secondary N) is 1. The summed E-state index contributed by atoms with van der Waals surface area (Å²) < 4.78 is 0. The van der Waals surface area contributed by atoms with Gasteiger partial charge in [-0.1, -0.05) is 32.0 Å². The molecule has 2 nitrogen and oxygen atoms in total.